The van der Waals surface area contributed by atoms with E-state index in [1.807, 2.05) is 54.6 Å². The minimum atomic E-state index is -0.977. The van der Waals surface area contributed by atoms with Gasteiger partial charge in [-0.2, -0.15) is 0 Å². The first-order valence-electron chi connectivity index (χ1n) is 13.1. The third kappa shape index (κ3) is 10.2. The fraction of sp³-hybridized carbons (Fsp3) is 0. The molecule has 1 radical (unpaired) electrons. The molecule has 0 bridgehead atoms. The second-order valence-electron chi connectivity index (χ2n) is 8.71. The van der Waals surface area contributed by atoms with Gasteiger partial charge in [-0.25, -0.2) is 9.59 Å². The van der Waals surface area contributed by atoms with Gasteiger partial charge in [0.1, 0.15) is 5.75 Å². The second-order valence-corrected chi connectivity index (χ2v) is 8.71. The van der Waals surface area contributed by atoms with Gasteiger partial charge in [0, 0.05) is 47.8 Å². The van der Waals surface area contributed by atoms with E-state index in [1.54, 1.807) is 42.9 Å². The second kappa shape index (κ2) is 17.8. The van der Waals surface area contributed by atoms with Crippen molar-refractivity contribution < 1.29 is 46.1 Å². The molecular formula is C33H24CoN6O6. The topological polar surface area (TPSA) is 178 Å². The summed E-state index contributed by atoms with van der Waals surface area (Å²) in [6.45, 7) is 0.372. The van der Waals surface area contributed by atoms with Crippen molar-refractivity contribution in [2.45, 2.75) is 0 Å². The molecule has 13 heteroatoms. The Balaban J connectivity index is 0.000000186. The third-order valence-electron chi connectivity index (χ3n) is 5.72. The van der Waals surface area contributed by atoms with Crippen LogP contribution in [0.15, 0.2) is 128 Å². The molecule has 2 N–H and O–H groups in total. The SMILES string of the molecule is O=C(O)c1ccc(-c2ccccn2)nc1.O=C(O)c1ccc(-c2ccccn2)nc1.O=COc1ccc(-c2ccccn2)nc1.[Co]. The van der Waals surface area contributed by atoms with Gasteiger partial charge < -0.3 is 14.9 Å². The molecule has 231 valence electrons. The van der Waals surface area contributed by atoms with Crippen LogP contribution in [0.5, 0.6) is 5.75 Å². The van der Waals surface area contributed by atoms with E-state index in [9.17, 15) is 14.4 Å². The Bertz CT molecular complexity index is 1720. The van der Waals surface area contributed by atoms with Crippen LogP contribution >= 0.6 is 0 Å². The first-order valence-corrected chi connectivity index (χ1v) is 13.1. The first kappa shape index (κ1) is 34.3. The van der Waals surface area contributed by atoms with Crippen LogP contribution in [-0.4, -0.2) is 58.5 Å². The maximum atomic E-state index is 10.6. The predicted octanol–water partition coefficient (Wildman–Crippen LogP) is 5.36. The number of carbonyl (C=O) groups is 3. The van der Waals surface area contributed by atoms with E-state index < -0.39 is 11.9 Å². The van der Waals surface area contributed by atoms with Crippen molar-refractivity contribution in [3.63, 3.8) is 0 Å². The van der Waals surface area contributed by atoms with Crippen molar-refractivity contribution in [1.29, 1.82) is 0 Å². The van der Waals surface area contributed by atoms with Crippen molar-refractivity contribution in [2.24, 2.45) is 0 Å². The van der Waals surface area contributed by atoms with Crippen LogP contribution in [0.4, 0.5) is 0 Å². The molecule has 0 spiro atoms. The molecule has 0 amide bonds. The number of aromatic nitrogens is 6. The smallest absolute Gasteiger partial charge is 0.337 e. The zero-order valence-corrected chi connectivity index (χ0v) is 24.8. The van der Waals surface area contributed by atoms with Gasteiger partial charge in [0.05, 0.1) is 51.5 Å². The number of ether oxygens (including phenoxy) is 1. The Hall–Kier alpha value is -6.18. The van der Waals surface area contributed by atoms with E-state index in [1.165, 1.54) is 30.7 Å². The summed E-state index contributed by atoms with van der Waals surface area (Å²) in [6.07, 6.45) is 9.17. The van der Waals surface area contributed by atoms with Gasteiger partial charge in [-0.05, 0) is 72.8 Å². The van der Waals surface area contributed by atoms with Gasteiger partial charge in [-0.15, -0.1) is 0 Å². The molecule has 0 aliphatic heterocycles. The molecular weight excluding hydrogens is 635 g/mol. The molecule has 6 rings (SSSR count). The minimum absolute atomic E-state index is 0. The number of rotatable bonds is 7. The molecule has 12 nitrogen and oxygen atoms in total. The molecule has 6 aromatic rings. The molecule has 0 aliphatic carbocycles. The fourth-order valence-electron chi connectivity index (χ4n) is 3.54. The van der Waals surface area contributed by atoms with E-state index >= 15 is 0 Å². The van der Waals surface area contributed by atoms with Crippen LogP contribution < -0.4 is 4.74 Å². The summed E-state index contributed by atoms with van der Waals surface area (Å²) in [5.74, 6) is -1.53. The maximum absolute atomic E-state index is 10.6. The van der Waals surface area contributed by atoms with E-state index in [4.69, 9.17) is 10.2 Å². The Morgan fingerprint density at radius 2 is 0.870 bits per heavy atom. The Labute approximate surface area is 273 Å². The summed E-state index contributed by atoms with van der Waals surface area (Å²) in [4.78, 5) is 55.8. The molecule has 0 fully saturated rings. The van der Waals surface area contributed by atoms with Crippen molar-refractivity contribution in [1.82, 2.24) is 29.9 Å². The molecule has 0 atom stereocenters. The molecule has 0 unspecified atom stereocenters. The molecule has 6 aromatic heterocycles. The quantitative estimate of drug-likeness (QED) is 0.210. The summed E-state index contributed by atoms with van der Waals surface area (Å²) < 4.78 is 4.63. The summed E-state index contributed by atoms with van der Waals surface area (Å²) in [5.41, 5.74) is 4.68. The van der Waals surface area contributed by atoms with Crippen LogP contribution in [0.2, 0.25) is 0 Å². The fourth-order valence-corrected chi connectivity index (χ4v) is 3.54. The van der Waals surface area contributed by atoms with Gasteiger partial charge in [0.15, 0.2) is 0 Å². The van der Waals surface area contributed by atoms with Crippen LogP contribution in [0.3, 0.4) is 0 Å². The van der Waals surface area contributed by atoms with Crippen molar-refractivity contribution >= 4 is 18.4 Å². The number of hydrogen-bond donors (Lipinski definition) is 2. The predicted molar refractivity (Wildman–Crippen MR) is 163 cm³/mol. The zero-order chi connectivity index (χ0) is 31.9. The van der Waals surface area contributed by atoms with Crippen LogP contribution in [0.25, 0.3) is 34.2 Å². The van der Waals surface area contributed by atoms with Gasteiger partial charge >= 0.3 is 11.9 Å². The summed E-state index contributed by atoms with van der Waals surface area (Å²) in [7, 11) is 0. The molecule has 0 saturated heterocycles. The molecule has 6 heterocycles. The average Bonchev–Trinajstić information content (AvgIpc) is 3.10. The van der Waals surface area contributed by atoms with E-state index in [0.29, 0.717) is 23.6 Å². The third-order valence-corrected chi connectivity index (χ3v) is 5.72. The van der Waals surface area contributed by atoms with Gasteiger partial charge in [0.25, 0.3) is 6.47 Å². The summed E-state index contributed by atoms with van der Waals surface area (Å²) in [6, 6.07) is 26.3. The Morgan fingerprint density at radius 3 is 1.13 bits per heavy atom. The van der Waals surface area contributed by atoms with Crippen molar-refractivity contribution in [2.75, 3.05) is 0 Å². The number of pyridine rings is 6. The average molecular weight is 660 g/mol. The number of hydrogen-bond acceptors (Lipinski definition) is 10. The maximum Gasteiger partial charge on any atom is 0.337 e. The van der Waals surface area contributed by atoms with E-state index in [2.05, 4.69) is 34.6 Å². The van der Waals surface area contributed by atoms with Crippen LogP contribution in [0.1, 0.15) is 20.7 Å². The minimum Gasteiger partial charge on any atom is -0.478 e. The number of carbonyl (C=O) groups excluding carboxylic acids is 1. The Morgan fingerprint density at radius 1 is 0.500 bits per heavy atom. The largest absolute Gasteiger partial charge is 0.478 e. The van der Waals surface area contributed by atoms with Crippen molar-refractivity contribution in [3.05, 3.63) is 139 Å². The van der Waals surface area contributed by atoms with Gasteiger partial charge in [0.2, 0.25) is 0 Å². The molecule has 46 heavy (non-hydrogen) atoms. The number of aromatic carboxylic acids is 2. The summed E-state index contributed by atoms with van der Waals surface area (Å²) in [5, 5.41) is 17.4. The first-order chi connectivity index (χ1) is 21.9. The summed E-state index contributed by atoms with van der Waals surface area (Å²) >= 11 is 0. The molecule has 0 aliphatic rings. The van der Waals surface area contributed by atoms with Gasteiger partial charge in [-0.3, -0.25) is 34.7 Å². The zero-order valence-electron chi connectivity index (χ0n) is 23.7. The number of nitrogens with zero attached hydrogens (tertiary/aromatic N) is 6. The van der Waals surface area contributed by atoms with Crippen LogP contribution in [-0.2, 0) is 21.6 Å². The standard InChI is InChI=1S/3C11H8N2O2.Co/c14-8-15-9-4-5-11(13-7-9)10-3-1-2-6-12-10;2*14-11(15)8-4-5-10(13-7-8)9-3-1-2-6-12-9;/h1-8H;2*1-7H,(H,14,15);. The number of carboxylic acid groups (broad SMARTS) is 2. The Kier molecular flexibility index (Phi) is 13.3. The normalized spacial score (nSPS) is 9.57. The van der Waals surface area contributed by atoms with E-state index in [-0.39, 0.29) is 27.9 Å². The van der Waals surface area contributed by atoms with Gasteiger partial charge in [-0.1, -0.05) is 18.2 Å². The number of carboxylic acids is 2. The molecule has 0 saturated carbocycles. The van der Waals surface area contributed by atoms with E-state index in [0.717, 1.165) is 22.8 Å². The molecule has 0 aromatic carbocycles. The monoisotopic (exact) mass is 659 g/mol. The van der Waals surface area contributed by atoms with Crippen LogP contribution in [0, 0.1) is 0 Å². The van der Waals surface area contributed by atoms with Crippen molar-refractivity contribution in [3.8, 4) is 39.9 Å².